The number of benzene rings is 2. The largest absolute Gasteiger partial charge is 0.384 e. The maximum Gasteiger partial charge on any atom is 0.162 e. The minimum Gasteiger partial charge on any atom is -0.384 e. The number of hydrogen-bond donors (Lipinski definition) is 1. The smallest absolute Gasteiger partial charge is 0.162 e. The molecule has 4 nitrogen and oxygen atoms in total. The minimum absolute atomic E-state index is 0.0244. The van der Waals surface area contributed by atoms with Gasteiger partial charge in [-0.3, -0.25) is 9.69 Å². The molecule has 1 aliphatic heterocycles. The second kappa shape index (κ2) is 7.91. The van der Waals surface area contributed by atoms with Crippen molar-refractivity contribution in [3.63, 3.8) is 0 Å². The van der Waals surface area contributed by atoms with Crippen molar-refractivity contribution in [3.8, 4) is 6.07 Å². The fourth-order valence-corrected chi connectivity index (χ4v) is 4.94. The first-order valence-electron chi connectivity index (χ1n) is 9.91. The standard InChI is InChI=1S/C24H19Cl2F2N3O/c1-24(2)9-17-20(18(32)10-24)19(12-5-3-6-14(25)21(12)26)13(11-29)23(30)31(17)22-15(27)7-4-8-16(22)28/h3-8,19H,9-10,30H2,1-2H3/t19-/m1/s1. The molecular formula is C24H19Cl2F2N3O. The van der Waals surface area contributed by atoms with E-state index in [0.29, 0.717) is 17.7 Å². The number of allylic oxidation sites excluding steroid dienone is 3. The fourth-order valence-electron chi connectivity index (χ4n) is 4.52. The molecule has 0 fully saturated rings. The highest BCUT2D eigenvalue weighted by atomic mass is 35.5. The van der Waals surface area contributed by atoms with Crippen LogP contribution in [0.4, 0.5) is 14.5 Å². The Morgan fingerprint density at radius 1 is 1.12 bits per heavy atom. The molecule has 164 valence electrons. The third kappa shape index (κ3) is 3.46. The first-order chi connectivity index (χ1) is 15.1. The van der Waals surface area contributed by atoms with Crippen LogP contribution in [0.25, 0.3) is 0 Å². The van der Waals surface area contributed by atoms with Gasteiger partial charge in [0, 0.05) is 17.7 Å². The number of hydrogen-bond acceptors (Lipinski definition) is 4. The molecule has 8 heteroatoms. The van der Waals surface area contributed by atoms with Gasteiger partial charge in [0.1, 0.15) is 23.1 Å². The Hall–Kier alpha value is -2.88. The minimum atomic E-state index is -0.893. The van der Waals surface area contributed by atoms with Crippen molar-refractivity contribution < 1.29 is 13.6 Å². The molecule has 0 saturated carbocycles. The summed E-state index contributed by atoms with van der Waals surface area (Å²) in [4.78, 5) is 14.6. The van der Waals surface area contributed by atoms with Crippen LogP contribution in [0, 0.1) is 28.4 Å². The lowest BCUT2D eigenvalue weighted by Crippen LogP contribution is -2.42. The molecule has 0 spiro atoms. The van der Waals surface area contributed by atoms with Crippen molar-refractivity contribution in [1.29, 1.82) is 5.26 Å². The lowest BCUT2D eigenvalue weighted by Gasteiger charge is -2.44. The Labute approximate surface area is 194 Å². The third-order valence-electron chi connectivity index (χ3n) is 5.83. The van der Waals surface area contributed by atoms with Gasteiger partial charge in [0.15, 0.2) is 5.78 Å². The Morgan fingerprint density at radius 2 is 1.75 bits per heavy atom. The zero-order valence-electron chi connectivity index (χ0n) is 17.3. The van der Waals surface area contributed by atoms with E-state index in [9.17, 15) is 18.8 Å². The Morgan fingerprint density at radius 3 is 2.38 bits per heavy atom. The maximum absolute atomic E-state index is 14.8. The van der Waals surface area contributed by atoms with Gasteiger partial charge in [0.05, 0.1) is 27.6 Å². The van der Waals surface area contributed by atoms with E-state index in [1.54, 1.807) is 18.2 Å². The molecule has 4 rings (SSSR count). The van der Waals surface area contributed by atoms with Crippen LogP contribution in [-0.4, -0.2) is 5.78 Å². The molecule has 2 aromatic carbocycles. The maximum atomic E-state index is 14.8. The van der Waals surface area contributed by atoms with Crippen LogP contribution in [0.15, 0.2) is 59.1 Å². The number of nitrogens with two attached hydrogens (primary N) is 1. The Bertz CT molecular complexity index is 1240. The second-order valence-electron chi connectivity index (χ2n) is 8.69. The van der Waals surface area contributed by atoms with Crippen molar-refractivity contribution in [3.05, 3.63) is 86.3 Å². The van der Waals surface area contributed by atoms with Gasteiger partial charge >= 0.3 is 0 Å². The molecule has 0 unspecified atom stereocenters. The van der Waals surface area contributed by atoms with E-state index in [1.165, 1.54) is 11.0 Å². The lowest BCUT2D eigenvalue weighted by molar-refractivity contribution is -0.118. The molecule has 2 aromatic rings. The van der Waals surface area contributed by atoms with Gasteiger partial charge in [-0.2, -0.15) is 5.26 Å². The van der Waals surface area contributed by atoms with Crippen LogP contribution in [0.3, 0.4) is 0 Å². The summed E-state index contributed by atoms with van der Waals surface area (Å²) >= 11 is 12.7. The van der Waals surface area contributed by atoms with Crippen molar-refractivity contribution in [2.45, 2.75) is 32.6 Å². The number of Topliss-reactive ketones (excluding diaryl/α,β-unsaturated/α-hetero) is 1. The topological polar surface area (TPSA) is 70.1 Å². The van der Waals surface area contributed by atoms with Crippen molar-refractivity contribution >= 4 is 34.7 Å². The van der Waals surface area contributed by atoms with Crippen LogP contribution in [-0.2, 0) is 4.79 Å². The molecule has 2 aliphatic rings. The van der Waals surface area contributed by atoms with Crippen LogP contribution >= 0.6 is 23.2 Å². The first kappa shape index (κ1) is 22.3. The number of halogens is 4. The summed E-state index contributed by atoms with van der Waals surface area (Å²) in [5, 5.41) is 10.5. The Kier molecular flexibility index (Phi) is 5.52. The van der Waals surface area contributed by atoms with Gasteiger partial charge < -0.3 is 5.73 Å². The summed E-state index contributed by atoms with van der Waals surface area (Å²) in [6, 6.07) is 10.4. The summed E-state index contributed by atoms with van der Waals surface area (Å²) < 4.78 is 29.7. The lowest BCUT2D eigenvalue weighted by atomic mass is 9.68. The summed E-state index contributed by atoms with van der Waals surface area (Å²) in [6.45, 7) is 3.79. The number of para-hydroxylation sites is 1. The van der Waals surface area contributed by atoms with Gasteiger partial charge in [-0.05, 0) is 35.6 Å². The number of rotatable bonds is 2. The van der Waals surface area contributed by atoms with E-state index >= 15 is 0 Å². The Balaban J connectivity index is 2.09. The summed E-state index contributed by atoms with van der Waals surface area (Å²) in [5.41, 5.74) is 6.50. The third-order valence-corrected chi connectivity index (χ3v) is 6.67. The fraction of sp³-hybridized carbons (Fsp3) is 0.250. The van der Waals surface area contributed by atoms with E-state index in [1.807, 2.05) is 19.9 Å². The summed E-state index contributed by atoms with van der Waals surface area (Å²) in [6.07, 6.45) is 0.517. The average Bonchev–Trinajstić information content (AvgIpc) is 2.70. The molecule has 32 heavy (non-hydrogen) atoms. The SMILES string of the molecule is CC1(C)CC(=O)C2=C(C1)N(c1c(F)cccc1F)C(N)=C(C#N)[C@H]2c1cccc(Cl)c1Cl. The van der Waals surface area contributed by atoms with E-state index in [-0.39, 0.29) is 39.2 Å². The number of nitriles is 1. The number of ketones is 1. The summed E-state index contributed by atoms with van der Waals surface area (Å²) in [7, 11) is 0. The normalized spacial score (nSPS) is 20.3. The van der Waals surface area contributed by atoms with Gasteiger partial charge in [0.25, 0.3) is 0 Å². The number of anilines is 1. The zero-order valence-corrected chi connectivity index (χ0v) is 18.9. The zero-order chi connectivity index (χ0) is 23.4. The predicted octanol–water partition coefficient (Wildman–Crippen LogP) is 6.21. The van der Waals surface area contributed by atoms with Gasteiger partial charge in [-0.1, -0.05) is 55.2 Å². The van der Waals surface area contributed by atoms with Crippen molar-refractivity contribution in [2.24, 2.45) is 11.1 Å². The number of carbonyl (C=O) groups excluding carboxylic acids is 1. The molecule has 0 bridgehead atoms. The van der Waals surface area contributed by atoms with E-state index < -0.39 is 28.7 Å². The quantitative estimate of drug-likeness (QED) is 0.562. The first-order valence-corrected chi connectivity index (χ1v) is 10.7. The highest BCUT2D eigenvalue weighted by Crippen LogP contribution is 2.52. The van der Waals surface area contributed by atoms with Gasteiger partial charge in [0.2, 0.25) is 0 Å². The van der Waals surface area contributed by atoms with Crippen molar-refractivity contribution in [1.82, 2.24) is 0 Å². The molecule has 1 heterocycles. The summed E-state index contributed by atoms with van der Waals surface area (Å²) in [5.74, 6) is -2.99. The average molecular weight is 474 g/mol. The molecular weight excluding hydrogens is 455 g/mol. The van der Waals surface area contributed by atoms with Gasteiger partial charge in [-0.25, -0.2) is 8.78 Å². The molecule has 1 atom stereocenters. The van der Waals surface area contributed by atoms with Gasteiger partial charge in [-0.15, -0.1) is 0 Å². The van der Waals surface area contributed by atoms with Crippen LogP contribution in [0.5, 0.6) is 0 Å². The highest BCUT2D eigenvalue weighted by molar-refractivity contribution is 6.42. The number of nitrogens with zero attached hydrogens (tertiary/aromatic N) is 2. The predicted molar refractivity (Wildman–Crippen MR) is 120 cm³/mol. The van der Waals surface area contributed by atoms with E-state index in [4.69, 9.17) is 28.9 Å². The monoisotopic (exact) mass is 473 g/mol. The number of carbonyl (C=O) groups is 1. The molecule has 1 aliphatic carbocycles. The second-order valence-corrected chi connectivity index (χ2v) is 9.48. The van der Waals surface area contributed by atoms with E-state index in [2.05, 4.69) is 0 Å². The highest BCUT2D eigenvalue weighted by Gasteiger charge is 2.46. The molecule has 0 saturated heterocycles. The van der Waals surface area contributed by atoms with E-state index in [0.717, 1.165) is 12.1 Å². The molecule has 0 radical (unpaired) electrons. The van der Waals surface area contributed by atoms with Crippen LogP contribution in [0.1, 0.15) is 38.2 Å². The molecule has 0 amide bonds. The van der Waals surface area contributed by atoms with Crippen LogP contribution < -0.4 is 10.6 Å². The van der Waals surface area contributed by atoms with Crippen molar-refractivity contribution in [2.75, 3.05) is 4.90 Å². The molecule has 0 aromatic heterocycles. The molecule has 2 N–H and O–H groups in total. The van der Waals surface area contributed by atoms with Crippen LogP contribution in [0.2, 0.25) is 10.0 Å².